The van der Waals surface area contributed by atoms with Crippen molar-refractivity contribution in [3.8, 4) is 0 Å². The van der Waals surface area contributed by atoms with Gasteiger partial charge in [0.2, 0.25) is 0 Å². The van der Waals surface area contributed by atoms with E-state index in [0.717, 1.165) is 34.6 Å². The lowest BCUT2D eigenvalue weighted by atomic mass is 10.1. The Hall–Kier alpha value is -2.30. The first-order valence-electron chi connectivity index (χ1n) is 6.53. The number of halogens is 3. The molecule has 0 aliphatic rings. The third-order valence-corrected chi connectivity index (χ3v) is 3.47. The van der Waals surface area contributed by atoms with Gasteiger partial charge in [-0.15, -0.1) is 0 Å². The van der Waals surface area contributed by atoms with Crippen molar-refractivity contribution in [1.82, 2.24) is 9.55 Å². The van der Waals surface area contributed by atoms with Crippen molar-refractivity contribution in [2.45, 2.75) is 19.6 Å². The summed E-state index contributed by atoms with van der Waals surface area (Å²) >= 11 is 0. The molecule has 0 fully saturated rings. The molecule has 0 saturated carbocycles. The molecule has 1 aromatic heterocycles. The van der Waals surface area contributed by atoms with Crippen molar-refractivity contribution >= 4 is 11.0 Å². The van der Waals surface area contributed by atoms with E-state index in [-0.39, 0.29) is 0 Å². The predicted molar refractivity (Wildman–Crippen MR) is 75.0 cm³/mol. The van der Waals surface area contributed by atoms with E-state index in [9.17, 15) is 13.2 Å². The third kappa shape index (κ3) is 2.63. The van der Waals surface area contributed by atoms with Crippen LogP contribution >= 0.6 is 0 Å². The maximum Gasteiger partial charge on any atom is 0.416 e. The Bertz CT molecular complexity index is 770. The molecule has 0 atom stereocenters. The molecule has 3 aromatic rings. The van der Waals surface area contributed by atoms with Crippen molar-refractivity contribution in [3.05, 3.63) is 65.5 Å². The standard InChI is InChI=1S/C16H13F3N2/c1-11-20-14-4-2-3-5-15(14)21(11)10-12-6-8-13(9-7-12)16(17,18)19/h2-9H,10H2,1H3. The molecule has 0 N–H and O–H groups in total. The molecular formula is C16H13F3N2. The minimum atomic E-state index is -4.30. The third-order valence-electron chi connectivity index (χ3n) is 3.47. The van der Waals surface area contributed by atoms with Gasteiger partial charge < -0.3 is 4.57 Å². The van der Waals surface area contributed by atoms with Crippen LogP contribution in [0, 0.1) is 6.92 Å². The summed E-state index contributed by atoms with van der Waals surface area (Å²) in [4.78, 5) is 4.45. The molecule has 0 radical (unpaired) electrons. The quantitative estimate of drug-likeness (QED) is 0.683. The largest absolute Gasteiger partial charge is 0.416 e. The highest BCUT2D eigenvalue weighted by Crippen LogP contribution is 2.29. The van der Waals surface area contributed by atoms with Crippen LogP contribution in [-0.2, 0) is 12.7 Å². The van der Waals surface area contributed by atoms with Gasteiger partial charge in [-0.05, 0) is 36.8 Å². The minimum absolute atomic E-state index is 0.504. The van der Waals surface area contributed by atoms with E-state index in [1.165, 1.54) is 12.1 Å². The van der Waals surface area contributed by atoms with Crippen LogP contribution in [0.1, 0.15) is 17.0 Å². The summed E-state index contributed by atoms with van der Waals surface area (Å²) in [5.74, 6) is 0.844. The highest BCUT2D eigenvalue weighted by atomic mass is 19.4. The summed E-state index contributed by atoms with van der Waals surface area (Å²) in [6.07, 6.45) is -4.30. The maximum atomic E-state index is 12.6. The van der Waals surface area contributed by atoms with E-state index in [4.69, 9.17) is 0 Å². The van der Waals surface area contributed by atoms with Crippen LogP contribution in [0.25, 0.3) is 11.0 Å². The number of nitrogens with zero attached hydrogens (tertiary/aromatic N) is 2. The molecule has 0 spiro atoms. The Labute approximate surface area is 119 Å². The average Bonchev–Trinajstić information content (AvgIpc) is 2.75. The Balaban J connectivity index is 1.94. The summed E-state index contributed by atoms with van der Waals surface area (Å²) in [6, 6.07) is 13.0. The zero-order chi connectivity index (χ0) is 15.0. The lowest BCUT2D eigenvalue weighted by Gasteiger charge is -2.10. The average molecular weight is 290 g/mol. The van der Waals surface area contributed by atoms with Crippen LogP contribution in [0.15, 0.2) is 48.5 Å². The number of para-hydroxylation sites is 2. The van der Waals surface area contributed by atoms with Gasteiger partial charge in [-0.25, -0.2) is 4.98 Å². The van der Waals surface area contributed by atoms with Gasteiger partial charge >= 0.3 is 6.18 Å². The summed E-state index contributed by atoms with van der Waals surface area (Å²) in [6.45, 7) is 2.40. The smallest absolute Gasteiger partial charge is 0.324 e. The fourth-order valence-corrected chi connectivity index (χ4v) is 2.38. The van der Waals surface area contributed by atoms with Gasteiger partial charge in [0.1, 0.15) is 5.82 Å². The molecular weight excluding hydrogens is 277 g/mol. The topological polar surface area (TPSA) is 17.8 Å². The van der Waals surface area contributed by atoms with Gasteiger partial charge in [0, 0.05) is 6.54 Å². The Morgan fingerprint density at radius 2 is 1.67 bits per heavy atom. The molecule has 0 saturated heterocycles. The van der Waals surface area contributed by atoms with Crippen LogP contribution in [0.5, 0.6) is 0 Å². The van der Waals surface area contributed by atoms with E-state index >= 15 is 0 Å². The first kappa shape index (κ1) is 13.7. The molecule has 0 aliphatic carbocycles. The Kier molecular flexibility index (Phi) is 3.20. The normalized spacial score (nSPS) is 12.0. The van der Waals surface area contributed by atoms with Gasteiger partial charge in [0.15, 0.2) is 0 Å². The van der Waals surface area contributed by atoms with Gasteiger partial charge in [-0.2, -0.15) is 13.2 Å². The van der Waals surface area contributed by atoms with Gasteiger partial charge in [0.05, 0.1) is 16.6 Å². The molecule has 2 nitrogen and oxygen atoms in total. The number of imidazole rings is 1. The van der Waals surface area contributed by atoms with Crippen LogP contribution in [-0.4, -0.2) is 9.55 Å². The lowest BCUT2D eigenvalue weighted by molar-refractivity contribution is -0.137. The number of benzene rings is 2. The molecule has 0 amide bonds. The molecule has 5 heteroatoms. The second kappa shape index (κ2) is 4.91. The number of aryl methyl sites for hydroxylation is 1. The van der Waals surface area contributed by atoms with E-state index < -0.39 is 11.7 Å². The van der Waals surface area contributed by atoms with E-state index in [1.54, 1.807) is 0 Å². The van der Waals surface area contributed by atoms with Crippen molar-refractivity contribution in [2.24, 2.45) is 0 Å². The predicted octanol–water partition coefficient (Wildman–Crippen LogP) is 4.41. The summed E-state index contributed by atoms with van der Waals surface area (Å²) in [5.41, 5.74) is 2.06. The fraction of sp³-hybridized carbons (Fsp3) is 0.188. The summed E-state index contributed by atoms with van der Waals surface area (Å²) < 4.78 is 39.7. The van der Waals surface area contributed by atoms with E-state index in [1.807, 2.05) is 35.8 Å². The highest BCUT2D eigenvalue weighted by molar-refractivity contribution is 5.75. The molecule has 0 unspecified atom stereocenters. The fourth-order valence-electron chi connectivity index (χ4n) is 2.38. The van der Waals surface area contributed by atoms with Gasteiger partial charge in [-0.3, -0.25) is 0 Å². The molecule has 21 heavy (non-hydrogen) atoms. The number of alkyl halides is 3. The molecule has 108 valence electrons. The van der Waals surface area contributed by atoms with Crippen LogP contribution in [0.4, 0.5) is 13.2 Å². The van der Waals surface area contributed by atoms with Gasteiger partial charge in [0.25, 0.3) is 0 Å². The van der Waals surface area contributed by atoms with Crippen LogP contribution in [0.2, 0.25) is 0 Å². The number of hydrogen-bond acceptors (Lipinski definition) is 1. The SMILES string of the molecule is Cc1nc2ccccc2n1Cc1ccc(C(F)(F)F)cc1. The Morgan fingerprint density at radius 3 is 2.33 bits per heavy atom. The second-order valence-electron chi connectivity index (χ2n) is 4.93. The van der Waals surface area contributed by atoms with E-state index in [2.05, 4.69) is 4.98 Å². The summed E-state index contributed by atoms with van der Waals surface area (Å²) in [7, 11) is 0. The summed E-state index contributed by atoms with van der Waals surface area (Å²) in [5, 5.41) is 0. The number of hydrogen-bond donors (Lipinski definition) is 0. The van der Waals surface area contributed by atoms with Crippen LogP contribution in [0.3, 0.4) is 0 Å². The molecule has 0 aliphatic heterocycles. The van der Waals surface area contributed by atoms with Crippen molar-refractivity contribution < 1.29 is 13.2 Å². The number of rotatable bonds is 2. The van der Waals surface area contributed by atoms with Gasteiger partial charge in [-0.1, -0.05) is 24.3 Å². The van der Waals surface area contributed by atoms with Crippen molar-refractivity contribution in [2.75, 3.05) is 0 Å². The lowest BCUT2D eigenvalue weighted by Crippen LogP contribution is -2.06. The zero-order valence-electron chi connectivity index (χ0n) is 11.4. The number of fused-ring (bicyclic) bond motifs is 1. The molecule has 1 heterocycles. The first-order valence-corrected chi connectivity index (χ1v) is 6.53. The number of aromatic nitrogens is 2. The molecule has 2 aromatic carbocycles. The molecule has 3 rings (SSSR count). The molecule has 0 bridgehead atoms. The van der Waals surface area contributed by atoms with Crippen molar-refractivity contribution in [1.29, 1.82) is 0 Å². The van der Waals surface area contributed by atoms with E-state index in [0.29, 0.717) is 6.54 Å². The maximum absolute atomic E-state index is 12.6. The minimum Gasteiger partial charge on any atom is -0.324 e. The zero-order valence-corrected chi connectivity index (χ0v) is 11.4. The first-order chi connectivity index (χ1) is 9.95. The Morgan fingerprint density at radius 1 is 1.00 bits per heavy atom. The monoisotopic (exact) mass is 290 g/mol. The second-order valence-corrected chi connectivity index (χ2v) is 4.93. The van der Waals surface area contributed by atoms with Crippen LogP contribution < -0.4 is 0 Å². The van der Waals surface area contributed by atoms with Crippen molar-refractivity contribution in [3.63, 3.8) is 0 Å². The highest BCUT2D eigenvalue weighted by Gasteiger charge is 2.29.